The molecule has 114 valence electrons. The molecule has 0 fully saturated rings. The molecule has 0 saturated carbocycles. The van der Waals surface area contributed by atoms with Crippen molar-refractivity contribution in [2.45, 2.75) is 51.3 Å². The van der Waals surface area contributed by atoms with Crippen molar-refractivity contribution in [2.24, 2.45) is 5.92 Å². The summed E-state index contributed by atoms with van der Waals surface area (Å²) < 4.78 is 23.4. The third-order valence-electron chi connectivity index (χ3n) is 3.73. The molecule has 1 aromatic carbocycles. The van der Waals surface area contributed by atoms with E-state index in [1.807, 2.05) is 12.1 Å². The molecule has 1 atom stereocenters. The highest BCUT2D eigenvalue weighted by atomic mass is 32.2. The molecule has 4 heteroatoms. The number of unbranched alkanes of at least 4 members (excludes halogenated alkanes) is 1. The minimum absolute atomic E-state index is 0.148. The van der Waals surface area contributed by atoms with Crippen molar-refractivity contribution in [1.29, 1.82) is 0 Å². The van der Waals surface area contributed by atoms with Gasteiger partial charge in [0.2, 0.25) is 0 Å². The van der Waals surface area contributed by atoms with Crippen molar-refractivity contribution in [1.82, 2.24) is 0 Å². The second-order valence-electron chi connectivity index (χ2n) is 5.23. The van der Waals surface area contributed by atoms with Gasteiger partial charge in [-0.3, -0.25) is 0 Å². The first kappa shape index (κ1) is 17.0. The SMILES string of the molecule is CCCCC(CC)CNc1ccc(S(=O)(=O)CC)cc1. The number of nitrogens with one attached hydrogen (secondary N) is 1. The van der Waals surface area contributed by atoms with Crippen LogP contribution in [0.2, 0.25) is 0 Å². The van der Waals surface area contributed by atoms with Crippen molar-refractivity contribution in [3.8, 4) is 0 Å². The molecule has 0 aliphatic carbocycles. The fourth-order valence-electron chi connectivity index (χ4n) is 2.15. The monoisotopic (exact) mass is 297 g/mol. The molecule has 3 nitrogen and oxygen atoms in total. The zero-order chi connectivity index (χ0) is 15.0. The second kappa shape index (κ2) is 8.30. The van der Waals surface area contributed by atoms with Gasteiger partial charge in [-0.2, -0.15) is 0 Å². The summed E-state index contributed by atoms with van der Waals surface area (Å²) in [7, 11) is -3.09. The molecular formula is C16H27NO2S. The van der Waals surface area contributed by atoms with Gasteiger partial charge >= 0.3 is 0 Å². The van der Waals surface area contributed by atoms with E-state index >= 15 is 0 Å². The van der Waals surface area contributed by atoms with Gasteiger partial charge in [-0.1, -0.05) is 40.0 Å². The number of rotatable bonds is 9. The Bertz CT molecular complexity index is 480. The molecule has 0 saturated heterocycles. The third-order valence-corrected chi connectivity index (χ3v) is 5.48. The van der Waals surface area contributed by atoms with Crippen LogP contribution in [0.15, 0.2) is 29.2 Å². The van der Waals surface area contributed by atoms with Gasteiger partial charge in [0.25, 0.3) is 0 Å². The first-order valence-corrected chi connectivity index (χ1v) is 9.25. The number of anilines is 1. The standard InChI is InChI=1S/C16H27NO2S/c1-4-7-8-14(5-2)13-17-15-9-11-16(12-10-15)20(18,19)6-3/h9-12,14,17H,4-8,13H2,1-3H3. The van der Waals surface area contributed by atoms with Crippen LogP contribution in [0.5, 0.6) is 0 Å². The Hall–Kier alpha value is -1.03. The Labute approximate surface area is 123 Å². The fourth-order valence-corrected chi connectivity index (χ4v) is 3.04. The predicted molar refractivity (Wildman–Crippen MR) is 86.0 cm³/mol. The number of benzene rings is 1. The summed E-state index contributed by atoms with van der Waals surface area (Å²) in [6.45, 7) is 7.06. The average Bonchev–Trinajstić information content (AvgIpc) is 2.48. The van der Waals surface area contributed by atoms with Crippen LogP contribution in [0.25, 0.3) is 0 Å². The van der Waals surface area contributed by atoms with Crippen molar-refractivity contribution in [3.05, 3.63) is 24.3 Å². The van der Waals surface area contributed by atoms with Gasteiger partial charge in [0.1, 0.15) is 0 Å². The third kappa shape index (κ3) is 5.16. The zero-order valence-electron chi connectivity index (χ0n) is 12.9. The minimum Gasteiger partial charge on any atom is -0.385 e. The van der Waals surface area contributed by atoms with Crippen molar-refractivity contribution >= 4 is 15.5 Å². The van der Waals surface area contributed by atoms with E-state index in [1.165, 1.54) is 25.7 Å². The molecule has 0 heterocycles. The van der Waals surface area contributed by atoms with E-state index in [0.29, 0.717) is 10.8 Å². The normalized spacial score (nSPS) is 13.2. The number of hydrogen-bond donors (Lipinski definition) is 1. The minimum atomic E-state index is -3.09. The van der Waals surface area contributed by atoms with Crippen LogP contribution >= 0.6 is 0 Å². The molecule has 1 unspecified atom stereocenters. The van der Waals surface area contributed by atoms with Crippen LogP contribution in [0.3, 0.4) is 0 Å². The van der Waals surface area contributed by atoms with E-state index in [9.17, 15) is 8.42 Å². The topological polar surface area (TPSA) is 46.2 Å². The van der Waals surface area contributed by atoms with E-state index in [2.05, 4.69) is 19.2 Å². The summed E-state index contributed by atoms with van der Waals surface area (Å²) in [6, 6.07) is 7.09. The summed E-state index contributed by atoms with van der Waals surface area (Å²) in [5.74, 6) is 0.836. The Morgan fingerprint density at radius 2 is 1.75 bits per heavy atom. The van der Waals surface area contributed by atoms with Gasteiger partial charge in [0.05, 0.1) is 10.6 Å². The van der Waals surface area contributed by atoms with Gasteiger partial charge < -0.3 is 5.32 Å². The molecule has 1 aromatic rings. The summed E-state index contributed by atoms with van der Waals surface area (Å²) >= 11 is 0. The first-order valence-electron chi connectivity index (χ1n) is 7.60. The number of hydrogen-bond acceptors (Lipinski definition) is 3. The number of sulfone groups is 1. The van der Waals surface area contributed by atoms with Crippen LogP contribution in [-0.2, 0) is 9.84 Å². The molecular weight excluding hydrogens is 270 g/mol. The molecule has 0 aliphatic rings. The van der Waals surface area contributed by atoms with Crippen LogP contribution in [0, 0.1) is 5.92 Å². The van der Waals surface area contributed by atoms with Crippen LogP contribution in [-0.4, -0.2) is 20.7 Å². The van der Waals surface area contributed by atoms with Crippen molar-refractivity contribution in [2.75, 3.05) is 17.6 Å². The Kier molecular flexibility index (Phi) is 7.06. The Balaban J connectivity index is 2.57. The van der Waals surface area contributed by atoms with E-state index in [0.717, 1.165) is 12.2 Å². The van der Waals surface area contributed by atoms with E-state index in [-0.39, 0.29) is 5.75 Å². The fraction of sp³-hybridized carbons (Fsp3) is 0.625. The lowest BCUT2D eigenvalue weighted by molar-refractivity contribution is 0.473. The summed E-state index contributed by atoms with van der Waals surface area (Å²) in [5, 5.41) is 3.41. The maximum Gasteiger partial charge on any atom is 0.178 e. The quantitative estimate of drug-likeness (QED) is 0.746. The van der Waals surface area contributed by atoms with Crippen molar-refractivity contribution < 1.29 is 8.42 Å². The molecule has 0 aromatic heterocycles. The first-order chi connectivity index (χ1) is 9.53. The highest BCUT2D eigenvalue weighted by molar-refractivity contribution is 7.91. The van der Waals surface area contributed by atoms with Gasteiger partial charge in [-0.15, -0.1) is 0 Å². The zero-order valence-corrected chi connectivity index (χ0v) is 13.7. The average molecular weight is 297 g/mol. The largest absolute Gasteiger partial charge is 0.385 e. The molecule has 0 spiro atoms. The van der Waals surface area contributed by atoms with Gasteiger partial charge in [-0.05, 0) is 36.6 Å². The smallest absolute Gasteiger partial charge is 0.178 e. The molecule has 0 radical (unpaired) electrons. The summed E-state index contributed by atoms with van der Waals surface area (Å²) in [5.41, 5.74) is 0.995. The molecule has 0 amide bonds. The van der Waals surface area contributed by atoms with Crippen LogP contribution in [0.1, 0.15) is 46.5 Å². The second-order valence-corrected chi connectivity index (χ2v) is 7.50. The van der Waals surface area contributed by atoms with E-state index in [1.54, 1.807) is 19.1 Å². The lowest BCUT2D eigenvalue weighted by atomic mass is 9.99. The lowest BCUT2D eigenvalue weighted by Gasteiger charge is -2.16. The summed E-state index contributed by atoms with van der Waals surface area (Å²) in [6.07, 6.45) is 4.94. The predicted octanol–water partition coefficient (Wildman–Crippen LogP) is 4.11. The van der Waals surface area contributed by atoms with Gasteiger partial charge in [0.15, 0.2) is 9.84 Å². The van der Waals surface area contributed by atoms with Crippen LogP contribution < -0.4 is 5.32 Å². The van der Waals surface area contributed by atoms with Gasteiger partial charge in [-0.25, -0.2) is 8.42 Å². The molecule has 20 heavy (non-hydrogen) atoms. The van der Waals surface area contributed by atoms with E-state index < -0.39 is 9.84 Å². The Morgan fingerprint density at radius 1 is 1.10 bits per heavy atom. The highest BCUT2D eigenvalue weighted by Gasteiger charge is 2.11. The maximum absolute atomic E-state index is 11.7. The van der Waals surface area contributed by atoms with E-state index in [4.69, 9.17) is 0 Å². The van der Waals surface area contributed by atoms with Crippen LogP contribution in [0.4, 0.5) is 5.69 Å². The summed E-state index contributed by atoms with van der Waals surface area (Å²) in [4.78, 5) is 0.406. The molecule has 0 aliphatic heterocycles. The maximum atomic E-state index is 11.7. The molecule has 1 N–H and O–H groups in total. The van der Waals surface area contributed by atoms with Gasteiger partial charge in [0, 0.05) is 12.2 Å². The van der Waals surface area contributed by atoms with Crippen molar-refractivity contribution in [3.63, 3.8) is 0 Å². The molecule has 1 rings (SSSR count). The lowest BCUT2D eigenvalue weighted by Crippen LogP contribution is -2.13. The Morgan fingerprint density at radius 3 is 2.25 bits per heavy atom. The highest BCUT2D eigenvalue weighted by Crippen LogP contribution is 2.17. The molecule has 0 bridgehead atoms.